The molecule has 24 atom stereocenters. The molecule has 35 heteroatoms. The lowest BCUT2D eigenvalue weighted by molar-refractivity contribution is -0.375. The number of hydrogen-bond acceptors (Lipinski definition) is 29. The number of carbonyl (C=O) groups excluding carboxylic acids is 2. The van der Waals surface area contributed by atoms with Crippen molar-refractivity contribution in [3.8, 4) is 0 Å². The first kappa shape index (κ1) is 59.4. The molecule has 4 saturated heterocycles. The Morgan fingerprint density at radius 1 is 0.580 bits per heavy atom. The summed E-state index contributed by atoms with van der Waals surface area (Å²) in [5, 5.41) is 144. The van der Waals surface area contributed by atoms with Crippen LogP contribution in [0.3, 0.4) is 0 Å². The number of nitrogens with one attached hydrogen (secondary N) is 2. The SMILES string of the molecule is CC(=O)N[C@H]1[C@H](O[C@H]2[C@@H](O)[C@@H](CO)O[C@@H](O[C@@H]([C@H](O[C@@H]3O[C@@H](C)[C@@H](O)[C@@H](O)[C@@H]3O)[C@H](CO)NC(C)=O)[C@H](O)COS(=O)(=O)O)[C@@H]2O)O[C@H](COS(=O)(=O)O)[C@@H](O[C@@H]2O[C@H](CO)[C@H](O)[C@H](O)[C@H]2O)[C@@H]1O. The molecule has 4 heterocycles. The average molecular weight is 1060 g/mol. The third kappa shape index (κ3) is 15.4. The van der Waals surface area contributed by atoms with Crippen molar-refractivity contribution in [1.29, 1.82) is 0 Å². The van der Waals surface area contributed by atoms with Crippen molar-refractivity contribution < 1.29 is 148 Å². The van der Waals surface area contributed by atoms with Gasteiger partial charge in [-0.25, -0.2) is 8.37 Å². The predicted molar refractivity (Wildman–Crippen MR) is 211 cm³/mol. The van der Waals surface area contributed by atoms with E-state index >= 15 is 0 Å². The maximum absolute atomic E-state index is 12.5. The summed E-state index contributed by atoms with van der Waals surface area (Å²) >= 11 is 0. The van der Waals surface area contributed by atoms with Crippen molar-refractivity contribution in [2.24, 2.45) is 0 Å². The summed E-state index contributed by atoms with van der Waals surface area (Å²) in [6, 6.07) is -3.76. The van der Waals surface area contributed by atoms with Crippen molar-refractivity contribution >= 4 is 32.6 Å². The van der Waals surface area contributed by atoms with E-state index in [-0.39, 0.29) is 0 Å². The fourth-order valence-electron chi connectivity index (χ4n) is 7.66. The number of aliphatic hydroxyl groups excluding tert-OH is 13. The summed E-state index contributed by atoms with van der Waals surface area (Å²) in [4.78, 5) is 24.8. The molecule has 33 nitrogen and oxygen atoms in total. The third-order valence-corrected chi connectivity index (χ3v) is 12.0. The Hall–Kier alpha value is -2.16. The van der Waals surface area contributed by atoms with E-state index in [0.29, 0.717) is 0 Å². The second-order valence-corrected chi connectivity index (χ2v) is 18.4. The van der Waals surface area contributed by atoms with Gasteiger partial charge in [-0.3, -0.25) is 18.7 Å². The molecule has 0 saturated carbocycles. The monoisotopic (exact) mass is 1060 g/mol. The molecule has 4 aliphatic rings. The van der Waals surface area contributed by atoms with Crippen LogP contribution >= 0.6 is 0 Å². The molecule has 0 aromatic rings. The molecule has 4 rings (SSSR count). The van der Waals surface area contributed by atoms with Gasteiger partial charge in [-0.05, 0) is 6.92 Å². The number of amides is 2. The summed E-state index contributed by atoms with van der Waals surface area (Å²) in [7, 11) is -10.7. The van der Waals surface area contributed by atoms with Gasteiger partial charge in [0.05, 0.1) is 45.2 Å². The molecule has 0 radical (unpaired) electrons. The second-order valence-electron chi connectivity index (χ2n) is 16.2. The molecule has 2 amide bonds. The van der Waals surface area contributed by atoms with Gasteiger partial charge in [0.1, 0.15) is 110 Å². The lowest BCUT2D eigenvalue weighted by Gasteiger charge is -2.49. The molecule has 4 fully saturated rings. The fraction of sp³-hybridized carbons (Fsp3) is 0.941. The van der Waals surface area contributed by atoms with Gasteiger partial charge < -0.3 is 115 Å². The number of aliphatic hydroxyl groups is 13. The molecule has 69 heavy (non-hydrogen) atoms. The largest absolute Gasteiger partial charge is 0.397 e. The third-order valence-electron chi connectivity index (χ3n) is 11.1. The molecule has 4 aliphatic heterocycles. The first-order valence-corrected chi connectivity index (χ1v) is 23.4. The lowest BCUT2D eigenvalue weighted by atomic mass is 9.94. The summed E-state index contributed by atoms with van der Waals surface area (Å²) in [5.74, 6) is -1.87. The Kier molecular flexibility index (Phi) is 21.7. The van der Waals surface area contributed by atoms with Gasteiger partial charge in [-0.1, -0.05) is 0 Å². The Bertz CT molecular complexity index is 1870. The quantitative estimate of drug-likeness (QED) is 0.0448. The van der Waals surface area contributed by atoms with Crippen LogP contribution in [0.25, 0.3) is 0 Å². The zero-order valence-electron chi connectivity index (χ0n) is 36.4. The Labute approximate surface area is 391 Å². The number of carbonyl (C=O) groups is 2. The van der Waals surface area contributed by atoms with Gasteiger partial charge in [-0.2, -0.15) is 16.8 Å². The molecule has 0 unspecified atom stereocenters. The number of hydrogen-bond donors (Lipinski definition) is 17. The van der Waals surface area contributed by atoms with E-state index in [4.69, 9.17) is 37.9 Å². The van der Waals surface area contributed by atoms with Gasteiger partial charge in [-0.15, -0.1) is 0 Å². The molecule has 0 aromatic carbocycles. The van der Waals surface area contributed by atoms with Crippen LogP contribution < -0.4 is 10.6 Å². The van der Waals surface area contributed by atoms with E-state index < -0.39 is 213 Å². The van der Waals surface area contributed by atoms with Crippen LogP contribution in [-0.4, -0.2) is 284 Å². The van der Waals surface area contributed by atoms with Gasteiger partial charge in [0.25, 0.3) is 0 Å². The van der Waals surface area contributed by atoms with E-state index in [1.54, 1.807) is 0 Å². The molecular formula is C34H60N2O31S2. The van der Waals surface area contributed by atoms with Crippen molar-refractivity contribution in [3.63, 3.8) is 0 Å². The summed E-state index contributed by atoms with van der Waals surface area (Å²) in [6.45, 7) is -2.99. The van der Waals surface area contributed by atoms with E-state index in [9.17, 15) is 102 Å². The summed E-state index contributed by atoms with van der Waals surface area (Å²) in [5.41, 5.74) is 0. The normalized spacial score (nSPS) is 40.8. The average Bonchev–Trinajstić information content (AvgIpc) is 3.26. The maximum atomic E-state index is 12.5. The second kappa shape index (κ2) is 25.2. The van der Waals surface area contributed by atoms with Crippen LogP contribution in [0.1, 0.15) is 20.8 Å². The highest BCUT2D eigenvalue weighted by Crippen LogP contribution is 2.35. The van der Waals surface area contributed by atoms with Crippen molar-refractivity contribution in [2.75, 3.05) is 33.0 Å². The van der Waals surface area contributed by atoms with Crippen LogP contribution in [0.15, 0.2) is 0 Å². The lowest BCUT2D eigenvalue weighted by Crippen LogP contribution is -2.70. The van der Waals surface area contributed by atoms with Crippen LogP contribution in [0.2, 0.25) is 0 Å². The van der Waals surface area contributed by atoms with Crippen molar-refractivity contribution in [2.45, 2.75) is 168 Å². The van der Waals surface area contributed by atoms with Crippen LogP contribution in [-0.2, 0) is 76.6 Å². The van der Waals surface area contributed by atoms with Crippen LogP contribution in [0, 0.1) is 0 Å². The molecule has 0 bridgehead atoms. The van der Waals surface area contributed by atoms with Crippen molar-refractivity contribution in [1.82, 2.24) is 10.6 Å². The maximum Gasteiger partial charge on any atom is 0.397 e. The predicted octanol–water partition coefficient (Wildman–Crippen LogP) is -11.3. The minimum Gasteiger partial charge on any atom is -0.394 e. The highest BCUT2D eigenvalue weighted by Gasteiger charge is 2.56. The van der Waals surface area contributed by atoms with Gasteiger partial charge in [0, 0.05) is 13.8 Å². The molecule has 0 aliphatic carbocycles. The number of ether oxygens (including phenoxy) is 8. The molecule has 17 N–H and O–H groups in total. The topological polar surface area (TPSA) is 522 Å². The smallest absolute Gasteiger partial charge is 0.394 e. The molecule has 0 aromatic heterocycles. The van der Waals surface area contributed by atoms with Crippen molar-refractivity contribution in [3.05, 3.63) is 0 Å². The summed E-state index contributed by atoms with van der Waals surface area (Å²) < 4.78 is 119. The molecule has 404 valence electrons. The zero-order chi connectivity index (χ0) is 52.0. The zero-order valence-corrected chi connectivity index (χ0v) is 38.1. The highest BCUT2D eigenvalue weighted by atomic mass is 32.3. The van der Waals surface area contributed by atoms with Crippen LogP contribution in [0.4, 0.5) is 0 Å². The Balaban J connectivity index is 1.76. The molecule has 0 spiro atoms. The number of rotatable bonds is 22. The van der Waals surface area contributed by atoms with Gasteiger partial charge in [0.15, 0.2) is 25.2 Å². The Morgan fingerprint density at radius 2 is 1.09 bits per heavy atom. The first-order valence-electron chi connectivity index (χ1n) is 20.7. The van der Waals surface area contributed by atoms with E-state index in [2.05, 4.69) is 19.0 Å². The standard InChI is InChI=1S/C34H60N2O31S2/c1-9-18(43)22(47)24(49)32(60-9)64-27(12(4-37)35-10(2)40)28(13(42)7-58-68(52,53)54)65-34-26(51)30(20(45)15(6-39)62-34)67-31-17(36-11(3)41)21(46)29(16(63-31)8-59-69(55,56)57)66-33-25(50)23(48)19(44)14(5-38)61-33/h9,12-34,37-39,42-51H,4-8H2,1-3H3,(H,35,40)(H,36,41)(H,52,53,54)(H,55,56,57)/t9-,12-,13+,14+,15+,16+,17+,18+,19-,20-,21+,22+,23-,24-,25+,26+,27+,28+,29+,30-,31-,32-,33-,34-/m0/s1. The Morgan fingerprint density at radius 3 is 1.64 bits per heavy atom. The van der Waals surface area contributed by atoms with Gasteiger partial charge >= 0.3 is 20.8 Å². The summed E-state index contributed by atoms with van der Waals surface area (Å²) in [6.07, 6.45) is -45.7. The van der Waals surface area contributed by atoms with E-state index in [1.807, 2.05) is 0 Å². The van der Waals surface area contributed by atoms with E-state index in [0.717, 1.165) is 13.8 Å². The van der Waals surface area contributed by atoms with Crippen LogP contribution in [0.5, 0.6) is 0 Å². The molecular weight excluding hydrogens is 996 g/mol. The first-order chi connectivity index (χ1) is 32.0. The highest BCUT2D eigenvalue weighted by molar-refractivity contribution is 7.81. The fourth-order valence-corrected chi connectivity index (χ4v) is 8.28. The van der Waals surface area contributed by atoms with Gasteiger partial charge in [0.2, 0.25) is 11.8 Å². The van der Waals surface area contributed by atoms with E-state index in [1.165, 1.54) is 6.92 Å². The minimum absolute atomic E-state index is 0.908. The minimum atomic E-state index is -5.38.